The van der Waals surface area contributed by atoms with Gasteiger partial charge in [0.2, 0.25) is 0 Å². The zero-order valence-corrected chi connectivity index (χ0v) is 11.8. The number of benzene rings is 3. The molecule has 0 fully saturated rings. The molecule has 0 radical (unpaired) electrons. The summed E-state index contributed by atoms with van der Waals surface area (Å²) in [4.78, 5) is 0. The van der Waals surface area contributed by atoms with E-state index in [1.807, 2.05) is 0 Å². The van der Waals surface area contributed by atoms with Crippen LogP contribution in [-0.2, 0) is 5.54 Å². The van der Waals surface area contributed by atoms with Crippen molar-refractivity contribution in [2.45, 2.75) is 12.0 Å². The quantitative estimate of drug-likeness (QED) is 0.695. The molecule has 1 aliphatic rings. The molecule has 1 heteroatoms. The monoisotopic (exact) mass is 271 g/mol. The predicted octanol–water partition coefficient (Wildman–Crippen LogP) is 4.46. The smallest absolute Gasteiger partial charge is 0.0712 e. The van der Waals surface area contributed by atoms with Crippen molar-refractivity contribution in [3.05, 3.63) is 89.5 Å². The van der Waals surface area contributed by atoms with Gasteiger partial charge in [-0.3, -0.25) is 0 Å². The lowest BCUT2D eigenvalue weighted by Crippen LogP contribution is -2.39. The maximum atomic E-state index is 6.91. The molecule has 0 heterocycles. The Morgan fingerprint density at radius 2 is 1.48 bits per heavy atom. The fourth-order valence-electron chi connectivity index (χ4n) is 3.40. The van der Waals surface area contributed by atoms with Crippen LogP contribution in [0.5, 0.6) is 0 Å². The molecule has 4 rings (SSSR count). The van der Waals surface area contributed by atoms with Crippen LogP contribution in [-0.4, -0.2) is 0 Å². The molecular weight excluding hydrogens is 254 g/mol. The molecule has 1 atom stereocenters. The van der Waals surface area contributed by atoms with Gasteiger partial charge in [0.1, 0.15) is 0 Å². The van der Waals surface area contributed by atoms with E-state index in [0.29, 0.717) is 0 Å². The number of nitrogens with two attached hydrogens (primary N) is 1. The molecule has 0 saturated carbocycles. The van der Waals surface area contributed by atoms with Crippen LogP contribution in [0.4, 0.5) is 0 Å². The SMILES string of the molecule is NC1(c2cccc3ccccc23)CC=Cc2ccccc21. The van der Waals surface area contributed by atoms with Crippen molar-refractivity contribution in [2.75, 3.05) is 0 Å². The summed E-state index contributed by atoms with van der Waals surface area (Å²) in [6.07, 6.45) is 5.19. The molecule has 0 aromatic heterocycles. The largest absolute Gasteiger partial charge is 0.317 e. The number of rotatable bonds is 1. The van der Waals surface area contributed by atoms with E-state index in [2.05, 4.69) is 78.9 Å². The van der Waals surface area contributed by atoms with Gasteiger partial charge in [0.15, 0.2) is 0 Å². The standard InChI is InChI=1S/C20H17N/c21-20(14-6-10-16-8-2-4-12-18(16)20)19-13-5-9-15-7-1-3-11-17(15)19/h1-13H,14,21H2. The van der Waals surface area contributed by atoms with Crippen LogP contribution < -0.4 is 5.73 Å². The minimum atomic E-state index is -0.452. The van der Waals surface area contributed by atoms with Crippen molar-refractivity contribution in [3.63, 3.8) is 0 Å². The Morgan fingerprint density at radius 3 is 2.43 bits per heavy atom. The first kappa shape index (κ1) is 12.4. The van der Waals surface area contributed by atoms with Gasteiger partial charge in [0, 0.05) is 0 Å². The van der Waals surface area contributed by atoms with Gasteiger partial charge in [0.05, 0.1) is 5.54 Å². The lowest BCUT2D eigenvalue weighted by molar-refractivity contribution is 0.546. The Labute approximate surface area is 124 Å². The van der Waals surface area contributed by atoms with Crippen molar-refractivity contribution >= 4 is 16.8 Å². The lowest BCUT2D eigenvalue weighted by atomic mass is 9.74. The van der Waals surface area contributed by atoms with Crippen molar-refractivity contribution in [1.82, 2.24) is 0 Å². The number of fused-ring (bicyclic) bond motifs is 2. The van der Waals surface area contributed by atoms with E-state index in [0.717, 1.165) is 6.42 Å². The Kier molecular flexibility index (Phi) is 2.69. The molecule has 0 saturated heterocycles. The molecule has 21 heavy (non-hydrogen) atoms. The van der Waals surface area contributed by atoms with E-state index < -0.39 is 5.54 Å². The molecular formula is C20H17N. The number of hydrogen-bond acceptors (Lipinski definition) is 1. The first-order valence-corrected chi connectivity index (χ1v) is 7.32. The summed E-state index contributed by atoms with van der Waals surface area (Å²) >= 11 is 0. The molecule has 2 N–H and O–H groups in total. The molecule has 102 valence electrons. The van der Waals surface area contributed by atoms with Crippen molar-refractivity contribution in [3.8, 4) is 0 Å². The molecule has 3 aromatic rings. The fraction of sp³-hybridized carbons (Fsp3) is 0.100. The van der Waals surface area contributed by atoms with Crippen LogP contribution in [0.3, 0.4) is 0 Å². The highest BCUT2D eigenvalue weighted by atomic mass is 14.7. The van der Waals surface area contributed by atoms with Crippen molar-refractivity contribution in [2.24, 2.45) is 5.73 Å². The first-order valence-electron chi connectivity index (χ1n) is 7.32. The molecule has 0 aliphatic heterocycles. The zero-order valence-electron chi connectivity index (χ0n) is 11.8. The third-order valence-corrected chi connectivity index (χ3v) is 4.45. The molecule has 0 spiro atoms. The third kappa shape index (κ3) is 1.82. The summed E-state index contributed by atoms with van der Waals surface area (Å²) < 4.78 is 0. The second-order valence-electron chi connectivity index (χ2n) is 5.69. The van der Waals surface area contributed by atoms with E-state index in [4.69, 9.17) is 5.73 Å². The summed E-state index contributed by atoms with van der Waals surface area (Å²) in [7, 11) is 0. The average molecular weight is 271 g/mol. The topological polar surface area (TPSA) is 26.0 Å². The Hall–Kier alpha value is -2.38. The normalized spacial score (nSPS) is 20.4. The first-order chi connectivity index (χ1) is 10.3. The van der Waals surface area contributed by atoms with Crippen LogP contribution in [0, 0.1) is 0 Å². The van der Waals surface area contributed by atoms with E-state index in [9.17, 15) is 0 Å². The maximum absolute atomic E-state index is 6.91. The van der Waals surface area contributed by atoms with Crippen molar-refractivity contribution in [1.29, 1.82) is 0 Å². The van der Waals surface area contributed by atoms with Crippen LogP contribution in [0.25, 0.3) is 16.8 Å². The van der Waals surface area contributed by atoms with Gasteiger partial charge in [-0.2, -0.15) is 0 Å². The van der Waals surface area contributed by atoms with Crippen LogP contribution in [0.2, 0.25) is 0 Å². The fourth-order valence-corrected chi connectivity index (χ4v) is 3.40. The third-order valence-electron chi connectivity index (χ3n) is 4.45. The van der Waals surface area contributed by atoms with E-state index in [-0.39, 0.29) is 0 Å². The Morgan fingerprint density at radius 1 is 0.762 bits per heavy atom. The summed E-state index contributed by atoms with van der Waals surface area (Å²) in [5, 5.41) is 2.49. The Balaban J connectivity index is 2.02. The highest BCUT2D eigenvalue weighted by Crippen LogP contribution is 2.39. The molecule has 1 unspecified atom stereocenters. The highest BCUT2D eigenvalue weighted by molar-refractivity contribution is 5.87. The molecule has 1 nitrogen and oxygen atoms in total. The molecule has 3 aromatic carbocycles. The minimum absolute atomic E-state index is 0.452. The van der Waals surface area contributed by atoms with Gasteiger partial charge < -0.3 is 5.73 Å². The van der Waals surface area contributed by atoms with Gasteiger partial charge in [-0.05, 0) is 33.9 Å². The van der Waals surface area contributed by atoms with E-state index >= 15 is 0 Å². The van der Waals surface area contributed by atoms with Gasteiger partial charge in [-0.1, -0.05) is 78.9 Å². The van der Waals surface area contributed by atoms with Gasteiger partial charge in [-0.15, -0.1) is 0 Å². The van der Waals surface area contributed by atoms with E-state index in [1.54, 1.807) is 0 Å². The zero-order chi connectivity index (χ0) is 14.3. The van der Waals surface area contributed by atoms with Crippen LogP contribution >= 0.6 is 0 Å². The second-order valence-corrected chi connectivity index (χ2v) is 5.69. The van der Waals surface area contributed by atoms with Gasteiger partial charge >= 0.3 is 0 Å². The molecule has 0 bridgehead atoms. The summed E-state index contributed by atoms with van der Waals surface area (Å²) in [5.74, 6) is 0. The summed E-state index contributed by atoms with van der Waals surface area (Å²) in [6, 6.07) is 23.3. The van der Waals surface area contributed by atoms with Gasteiger partial charge in [0.25, 0.3) is 0 Å². The summed E-state index contributed by atoms with van der Waals surface area (Å²) in [6.45, 7) is 0. The highest BCUT2D eigenvalue weighted by Gasteiger charge is 2.33. The van der Waals surface area contributed by atoms with Gasteiger partial charge in [-0.25, -0.2) is 0 Å². The second kappa shape index (κ2) is 4.57. The average Bonchev–Trinajstić information content (AvgIpc) is 2.55. The summed E-state index contributed by atoms with van der Waals surface area (Å²) in [5.41, 5.74) is 10.1. The van der Waals surface area contributed by atoms with Crippen molar-refractivity contribution < 1.29 is 0 Å². The Bertz CT molecular complexity index is 842. The van der Waals surface area contributed by atoms with E-state index in [1.165, 1.54) is 27.5 Å². The lowest BCUT2D eigenvalue weighted by Gasteiger charge is -2.34. The predicted molar refractivity (Wildman–Crippen MR) is 89.0 cm³/mol. The molecule has 1 aliphatic carbocycles. The maximum Gasteiger partial charge on any atom is 0.0712 e. The van der Waals surface area contributed by atoms with Crippen LogP contribution in [0.15, 0.2) is 72.8 Å². The minimum Gasteiger partial charge on any atom is -0.317 e. The molecule has 0 amide bonds. The number of hydrogen-bond donors (Lipinski definition) is 1. The van der Waals surface area contributed by atoms with Crippen LogP contribution in [0.1, 0.15) is 23.1 Å².